The lowest BCUT2D eigenvalue weighted by Gasteiger charge is -2.11. The number of para-hydroxylation sites is 2. The van der Waals surface area contributed by atoms with E-state index in [9.17, 15) is 14.9 Å². The number of benzene rings is 3. The predicted octanol–water partition coefficient (Wildman–Crippen LogP) is 6.38. The van der Waals surface area contributed by atoms with E-state index >= 15 is 0 Å². The highest BCUT2D eigenvalue weighted by Gasteiger charge is 2.17. The number of hydrogen-bond donors (Lipinski definition) is 1. The van der Waals surface area contributed by atoms with E-state index < -0.39 is 10.8 Å². The lowest BCUT2D eigenvalue weighted by atomic mass is 10.2. The van der Waals surface area contributed by atoms with Crippen molar-refractivity contribution in [3.05, 3.63) is 106 Å². The van der Waals surface area contributed by atoms with Crippen LogP contribution in [-0.4, -0.2) is 17.9 Å². The van der Waals surface area contributed by atoms with Gasteiger partial charge in [-0.2, -0.15) is 0 Å². The molecule has 184 valence electrons. The van der Waals surface area contributed by atoms with E-state index in [-0.39, 0.29) is 29.5 Å². The summed E-state index contributed by atoms with van der Waals surface area (Å²) in [7, 11) is 1.49. The molecule has 4 aromatic rings. The fraction of sp³-hybridized carbons (Fsp3) is 0.148. The minimum atomic E-state index is -0.572. The third-order valence-corrected chi connectivity index (χ3v) is 5.25. The molecule has 0 fully saturated rings. The van der Waals surface area contributed by atoms with Gasteiger partial charge in [0.1, 0.15) is 23.9 Å². The first-order valence-electron chi connectivity index (χ1n) is 11.2. The van der Waals surface area contributed by atoms with Crippen molar-refractivity contribution in [1.82, 2.24) is 0 Å². The zero-order chi connectivity index (χ0) is 25.5. The van der Waals surface area contributed by atoms with Crippen molar-refractivity contribution < 1.29 is 28.3 Å². The number of nitrogens with zero attached hydrogens (tertiary/aromatic N) is 1. The first-order chi connectivity index (χ1) is 17.4. The number of ether oxygens (including phenoxy) is 3. The van der Waals surface area contributed by atoms with Crippen LogP contribution in [0.2, 0.25) is 0 Å². The molecule has 0 atom stereocenters. The average Bonchev–Trinajstić information content (AvgIpc) is 3.37. The van der Waals surface area contributed by atoms with Crippen LogP contribution >= 0.6 is 0 Å². The van der Waals surface area contributed by atoms with Crippen molar-refractivity contribution in [2.24, 2.45) is 0 Å². The number of carbonyl (C=O) groups is 1. The maximum absolute atomic E-state index is 12.7. The summed E-state index contributed by atoms with van der Waals surface area (Å²) < 4.78 is 22.4. The van der Waals surface area contributed by atoms with Crippen molar-refractivity contribution in [2.75, 3.05) is 12.4 Å². The van der Waals surface area contributed by atoms with Crippen molar-refractivity contribution >= 4 is 17.3 Å². The number of non-ortho nitro benzene ring substituents is 1. The Morgan fingerprint density at radius 2 is 1.72 bits per heavy atom. The highest BCUT2D eigenvalue weighted by atomic mass is 16.6. The molecule has 0 spiro atoms. The number of hydrogen-bond acceptors (Lipinski definition) is 7. The van der Waals surface area contributed by atoms with Crippen molar-refractivity contribution in [3.8, 4) is 23.0 Å². The van der Waals surface area contributed by atoms with Crippen LogP contribution in [0.3, 0.4) is 0 Å². The molecule has 0 radical (unpaired) electrons. The topological polar surface area (TPSA) is 113 Å². The third kappa shape index (κ3) is 6.01. The molecule has 0 saturated heterocycles. The molecule has 1 aromatic heterocycles. The van der Waals surface area contributed by atoms with Gasteiger partial charge in [-0.1, -0.05) is 31.2 Å². The summed E-state index contributed by atoms with van der Waals surface area (Å²) in [6.07, 6.45) is 0.940. The van der Waals surface area contributed by atoms with Gasteiger partial charge in [0.2, 0.25) is 0 Å². The standard InChI is InChI=1S/C27H24N2O7/c1-3-18-8-10-21(11-9-18)34-17-22-12-13-26(35-22)27(30)28-19-14-20(29(31)32)16-23(15-19)36-25-7-5-4-6-24(25)33-2/h4-16H,3,17H2,1-2H3,(H,28,30). The summed E-state index contributed by atoms with van der Waals surface area (Å²) in [6, 6.07) is 21.7. The maximum Gasteiger partial charge on any atom is 0.291 e. The predicted molar refractivity (Wildman–Crippen MR) is 133 cm³/mol. The van der Waals surface area contributed by atoms with Crippen LogP contribution in [0.15, 0.2) is 83.3 Å². The molecule has 4 rings (SSSR count). The van der Waals surface area contributed by atoms with Crippen LogP contribution in [0, 0.1) is 10.1 Å². The van der Waals surface area contributed by atoms with Crippen LogP contribution in [0.25, 0.3) is 0 Å². The molecule has 0 unspecified atom stereocenters. The number of nitro groups is 1. The van der Waals surface area contributed by atoms with Crippen LogP contribution < -0.4 is 19.5 Å². The Kier molecular flexibility index (Phi) is 7.50. The molecule has 0 aliphatic heterocycles. The van der Waals surface area contributed by atoms with Gasteiger partial charge in [-0.25, -0.2) is 0 Å². The normalized spacial score (nSPS) is 10.5. The Bertz CT molecular complexity index is 1360. The number of amides is 1. The van der Waals surface area contributed by atoms with Crippen LogP contribution in [0.5, 0.6) is 23.0 Å². The second-order valence-corrected chi connectivity index (χ2v) is 7.73. The molecular weight excluding hydrogens is 464 g/mol. The van der Waals surface area contributed by atoms with Gasteiger partial charge in [0.05, 0.1) is 23.8 Å². The summed E-state index contributed by atoms with van der Waals surface area (Å²) in [5.41, 5.74) is 1.13. The molecular formula is C27H24N2O7. The first kappa shape index (κ1) is 24.3. The van der Waals surface area contributed by atoms with Crippen molar-refractivity contribution in [2.45, 2.75) is 20.0 Å². The molecule has 1 N–H and O–H groups in total. The molecule has 9 nitrogen and oxygen atoms in total. The molecule has 1 amide bonds. The number of nitrogens with one attached hydrogen (secondary N) is 1. The lowest BCUT2D eigenvalue weighted by Crippen LogP contribution is -2.11. The van der Waals surface area contributed by atoms with E-state index in [0.717, 1.165) is 6.42 Å². The molecule has 3 aromatic carbocycles. The molecule has 0 saturated carbocycles. The number of carbonyl (C=O) groups excluding carboxylic acids is 1. The molecule has 0 aliphatic rings. The largest absolute Gasteiger partial charge is 0.493 e. The smallest absolute Gasteiger partial charge is 0.291 e. The summed E-state index contributed by atoms with van der Waals surface area (Å²) in [6.45, 7) is 2.22. The summed E-state index contributed by atoms with van der Waals surface area (Å²) in [5, 5.41) is 14.1. The van der Waals surface area contributed by atoms with E-state index in [1.807, 2.05) is 24.3 Å². The van der Waals surface area contributed by atoms with Gasteiger partial charge < -0.3 is 23.9 Å². The summed E-state index contributed by atoms with van der Waals surface area (Å²) in [4.78, 5) is 23.6. The van der Waals surface area contributed by atoms with Crippen LogP contribution in [0.1, 0.15) is 28.8 Å². The Balaban J connectivity index is 1.46. The fourth-order valence-electron chi connectivity index (χ4n) is 3.40. The Hall–Kier alpha value is -4.79. The second-order valence-electron chi connectivity index (χ2n) is 7.73. The average molecular weight is 488 g/mol. The number of anilines is 1. The Labute approximate surface area is 207 Å². The second kappa shape index (κ2) is 11.1. The summed E-state index contributed by atoms with van der Waals surface area (Å²) in [5.74, 6) is 1.60. The number of aryl methyl sites for hydroxylation is 1. The van der Waals surface area contributed by atoms with Gasteiger partial charge in [-0.15, -0.1) is 0 Å². The van der Waals surface area contributed by atoms with Gasteiger partial charge in [0.15, 0.2) is 17.3 Å². The minimum absolute atomic E-state index is 0.0358. The van der Waals surface area contributed by atoms with E-state index in [2.05, 4.69) is 12.2 Å². The molecule has 0 bridgehead atoms. The van der Waals surface area contributed by atoms with E-state index in [1.165, 1.54) is 36.9 Å². The van der Waals surface area contributed by atoms with E-state index in [1.54, 1.807) is 30.3 Å². The third-order valence-electron chi connectivity index (χ3n) is 5.25. The quantitative estimate of drug-likeness (QED) is 0.203. The zero-order valence-corrected chi connectivity index (χ0v) is 19.7. The monoisotopic (exact) mass is 488 g/mol. The number of nitro benzene ring substituents is 1. The van der Waals surface area contributed by atoms with Gasteiger partial charge in [0.25, 0.3) is 11.6 Å². The Morgan fingerprint density at radius 1 is 0.972 bits per heavy atom. The van der Waals surface area contributed by atoms with Gasteiger partial charge in [0, 0.05) is 12.1 Å². The maximum atomic E-state index is 12.7. The van der Waals surface area contributed by atoms with Crippen LogP contribution in [0.4, 0.5) is 11.4 Å². The number of furan rings is 1. The number of rotatable bonds is 10. The van der Waals surface area contributed by atoms with E-state index in [4.69, 9.17) is 18.6 Å². The molecule has 0 aliphatic carbocycles. The molecule has 1 heterocycles. The molecule has 9 heteroatoms. The first-order valence-corrected chi connectivity index (χ1v) is 11.2. The summed E-state index contributed by atoms with van der Waals surface area (Å²) >= 11 is 0. The number of methoxy groups -OCH3 is 1. The minimum Gasteiger partial charge on any atom is -0.493 e. The Morgan fingerprint density at radius 3 is 2.42 bits per heavy atom. The zero-order valence-electron chi connectivity index (χ0n) is 19.7. The van der Waals surface area contributed by atoms with Crippen LogP contribution in [-0.2, 0) is 13.0 Å². The fourth-order valence-corrected chi connectivity index (χ4v) is 3.40. The van der Waals surface area contributed by atoms with Crippen molar-refractivity contribution in [3.63, 3.8) is 0 Å². The van der Waals surface area contributed by atoms with Crippen molar-refractivity contribution in [1.29, 1.82) is 0 Å². The lowest BCUT2D eigenvalue weighted by molar-refractivity contribution is -0.384. The van der Waals surface area contributed by atoms with Gasteiger partial charge in [-0.3, -0.25) is 14.9 Å². The molecule has 36 heavy (non-hydrogen) atoms. The SMILES string of the molecule is CCc1ccc(OCc2ccc(C(=O)Nc3cc(Oc4ccccc4OC)cc([N+](=O)[O-])c3)o2)cc1. The highest BCUT2D eigenvalue weighted by molar-refractivity contribution is 6.02. The van der Waals surface area contributed by atoms with E-state index in [0.29, 0.717) is 23.0 Å². The highest BCUT2D eigenvalue weighted by Crippen LogP contribution is 2.34. The van der Waals surface area contributed by atoms with Gasteiger partial charge >= 0.3 is 0 Å². The van der Waals surface area contributed by atoms with Gasteiger partial charge in [-0.05, 0) is 48.4 Å².